The second kappa shape index (κ2) is 20.0. The van der Waals surface area contributed by atoms with E-state index in [2.05, 4.69) is 20.8 Å². The first kappa shape index (κ1) is 26.3. The summed E-state index contributed by atoms with van der Waals surface area (Å²) in [4.78, 5) is 13.5. The number of carbonyl (C=O) groups is 1. The molecule has 27 heavy (non-hydrogen) atoms. The first-order valence-electron chi connectivity index (χ1n) is 12.0. The fourth-order valence-electron chi connectivity index (χ4n) is 3.34. The molecule has 1 amide bonds. The van der Waals surface area contributed by atoms with Crippen molar-refractivity contribution in [2.75, 3.05) is 20.2 Å². The number of rotatable bonds is 19. The van der Waals surface area contributed by atoms with Crippen molar-refractivity contribution in [3.63, 3.8) is 0 Å². The van der Waals surface area contributed by atoms with E-state index in [0.717, 1.165) is 13.0 Å². The Labute approximate surface area is 170 Å². The minimum atomic E-state index is -0.176. The van der Waals surface area contributed by atoms with E-state index in [1.54, 1.807) is 4.90 Å². The van der Waals surface area contributed by atoms with Crippen LogP contribution in [0.25, 0.3) is 0 Å². The van der Waals surface area contributed by atoms with Crippen LogP contribution in [0.15, 0.2) is 0 Å². The Kier molecular flexibility index (Phi) is 19.5. The summed E-state index contributed by atoms with van der Waals surface area (Å²) in [6.07, 6.45) is 21.8. The van der Waals surface area contributed by atoms with E-state index in [0.29, 0.717) is 12.5 Å². The van der Waals surface area contributed by atoms with Gasteiger partial charge >= 0.3 is 6.09 Å². The molecule has 0 bridgehead atoms. The Balaban J connectivity index is 3.21. The number of nitrogens with zero attached hydrogens (tertiary/aromatic N) is 1. The van der Waals surface area contributed by atoms with E-state index in [-0.39, 0.29) is 6.09 Å². The van der Waals surface area contributed by atoms with Crippen molar-refractivity contribution < 1.29 is 9.53 Å². The molecule has 0 N–H and O–H groups in total. The van der Waals surface area contributed by atoms with E-state index >= 15 is 0 Å². The number of amides is 1. The third-order valence-electron chi connectivity index (χ3n) is 5.20. The molecular formula is C24H49NO2. The van der Waals surface area contributed by atoms with Gasteiger partial charge in [-0.2, -0.15) is 0 Å². The first-order chi connectivity index (χ1) is 13.1. The van der Waals surface area contributed by atoms with Gasteiger partial charge in [-0.15, -0.1) is 0 Å². The maximum Gasteiger partial charge on any atom is 0.409 e. The highest BCUT2D eigenvalue weighted by atomic mass is 16.6. The summed E-state index contributed by atoms with van der Waals surface area (Å²) in [5.74, 6) is 0.401. The van der Waals surface area contributed by atoms with Gasteiger partial charge in [0, 0.05) is 13.6 Å². The summed E-state index contributed by atoms with van der Waals surface area (Å²) in [5.41, 5.74) is 0. The van der Waals surface area contributed by atoms with Gasteiger partial charge in [-0.3, -0.25) is 0 Å². The van der Waals surface area contributed by atoms with Crippen molar-refractivity contribution in [1.29, 1.82) is 0 Å². The summed E-state index contributed by atoms with van der Waals surface area (Å²) in [7, 11) is 1.84. The Morgan fingerprint density at radius 2 is 1.07 bits per heavy atom. The van der Waals surface area contributed by atoms with Crippen molar-refractivity contribution in [1.82, 2.24) is 4.90 Å². The largest absolute Gasteiger partial charge is 0.449 e. The molecule has 3 nitrogen and oxygen atoms in total. The molecule has 0 saturated carbocycles. The first-order valence-corrected chi connectivity index (χ1v) is 12.0. The molecule has 0 aromatic carbocycles. The zero-order chi connectivity index (χ0) is 20.2. The van der Waals surface area contributed by atoms with Gasteiger partial charge in [-0.05, 0) is 12.3 Å². The summed E-state index contributed by atoms with van der Waals surface area (Å²) in [6.45, 7) is 7.73. The van der Waals surface area contributed by atoms with Crippen molar-refractivity contribution in [3.8, 4) is 0 Å². The smallest absolute Gasteiger partial charge is 0.409 e. The fourth-order valence-corrected chi connectivity index (χ4v) is 3.34. The Morgan fingerprint density at radius 1 is 0.704 bits per heavy atom. The summed E-state index contributed by atoms with van der Waals surface area (Å²) in [5, 5.41) is 0. The van der Waals surface area contributed by atoms with Crippen molar-refractivity contribution in [2.24, 2.45) is 5.92 Å². The van der Waals surface area contributed by atoms with E-state index in [9.17, 15) is 4.79 Å². The topological polar surface area (TPSA) is 29.5 Å². The number of hydrogen-bond acceptors (Lipinski definition) is 2. The van der Waals surface area contributed by atoms with E-state index in [1.165, 1.54) is 96.3 Å². The molecule has 0 aliphatic carbocycles. The third-order valence-corrected chi connectivity index (χ3v) is 5.20. The molecule has 0 aromatic rings. The molecule has 0 radical (unpaired) electrons. The zero-order valence-corrected chi connectivity index (χ0v) is 19.1. The lowest BCUT2D eigenvalue weighted by molar-refractivity contribution is 0.0994. The van der Waals surface area contributed by atoms with Gasteiger partial charge in [-0.25, -0.2) is 4.79 Å². The predicted molar refractivity (Wildman–Crippen MR) is 118 cm³/mol. The zero-order valence-electron chi connectivity index (χ0n) is 19.1. The van der Waals surface area contributed by atoms with Crippen LogP contribution in [0.3, 0.4) is 0 Å². The number of unbranched alkanes of at least 4 members (excludes halogenated alkanes) is 15. The maximum atomic E-state index is 11.7. The lowest BCUT2D eigenvalue weighted by atomic mass is 10.0. The quantitative estimate of drug-likeness (QED) is 0.212. The number of hydrogen-bond donors (Lipinski definition) is 0. The molecule has 0 saturated heterocycles. The van der Waals surface area contributed by atoms with Gasteiger partial charge in [0.1, 0.15) is 0 Å². The monoisotopic (exact) mass is 383 g/mol. The molecule has 0 rings (SSSR count). The van der Waals surface area contributed by atoms with Crippen LogP contribution in [0.5, 0.6) is 0 Å². The normalized spacial score (nSPS) is 11.1. The van der Waals surface area contributed by atoms with Crippen LogP contribution in [0, 0.1) is 5.92 Å². The SMILES string of the molecule is CCCCCCCCCCCCCCCCCCN(C)C(=O)OCC(C)C. The van der Waals surface area contributed by atoms with Crippen LogP contribution in [0.1, 0.15) is 124 Å². The Bertz CT molecular complexity index is 318. The summed E-state index contributed by atoms with van der Waals surface area (Å²) < 4.78 is 5.23. The summed E-state index contributed by atoms with van der Waals surface area (Å²) >= 11 is 0. The average Bonchev–Trinajstić information content (AvgIpc) is 2.65. The number of ether oxygens (including phenoxy) is 1. The van der Waals surface area contributed by atoms with E-state index in [1.807, 2.05) is 7.05 Å². The minimum absolute atomic E-state index is 0.176. The van der Waals surface area contributed by atoms with Crippen molar-refractivity contribution >= 4 is 6.09 Å². The maximum absolute atomic E-state index is 11.7. The molecule has 0 fully saturated rings. The van der Waals surface area contributed by atoms with Gasteiger partial charge < -0.3 is 9.64 Å². The average molecular weight is 384 g/mol. The van der Waals surface area contributed by atoms with Gasteiger partial charge in [0.05, 0.1) is 6.61 Å². The fraction of sp³-hybridized carbons (Fsp3) is 0.958. The second-order valence-electron chi connectivity index (χ2n) is 8.70. The summed E-state index contributed by atoms with van der Waals surface area (Å²) in [6, 6.07) is 0. The molecule has 0 aromatic heterocycles. The molecule has 162 valence electrons. The Morgan fingerprint density at radius 3 is 1.44 bits per heavy atom. The highest BCUT2D eigenvalue weighted by molar-refractivity contribution is 5.67. The predicted octanol–water partition coefficient (Wildman–Crippen LogP) is 7.97. The molecule has 0 aliphatic rings. The van der Waals surface area contributed by atoms with E-state index < -0.39 is 0 Å². The molecule has 0 atom stereocenters. The lowest BCUT2D eigenvalue weighted by Gasteiger charge is -2.17. The van der Waals surface area contributed by atoms with Gasteiger partial charge in [0.15, 0.2) is 0 Å². The molecule has 0 aliphatic heterocycles. The highest BCUT2D eigenvalue weighted by Crippen LogP contribution is 2.13. The molecule has 0 unspecified atom stereocenters. The van der Waals surface area contributed by atoms with Crippen LogP contribution in [-0.4, -0.2) is 31.2 Å². The lowest BCUT2D eigenvalue weighted by Crippen LogP contribution is -2.29. The minimum Gasteiger partial charge on any atom is -0.449 e. The van der Waals surface area contributed by atoms with Crippen LogP contribution < -0.4 is 0 Å². The third kappa shape index (κ3) is 19.8. The Hall–Kier alpha value is -0.730. The standard InChI is InChI=1S/C24H49NO2/c1-5-6-7-8-9-10-11-12-13-14-15-16-17-18-19-20-21-25(4)24(26)27-22-23(2)3/h23H,5-22H2,1-4H3. The molecular weight excluding hydrogens is 334 g/mol. The highest BCUT2D eigenvalue weighted by Gasteiger charge is 2.09. The van der Waals surface area contributed by atoms with Gasteiger partial charge in [0.2, 0.25) is 0 Å². The van der Waals surface area contributed by atoms with Gasteiger partial charge in [-0.1, -0.05) is 117 Å². The van der Waals surface area contributed by atoms with Crippen molar-refractivity contribution in [2.45, 2.75) is 124 Å². The molecule has 0 spiro atoms. The molecule has 0 heterocycles. The van der Waals surface area contributed by atoms with Crippen LogP contribution >= 0.6 is 0 Å². The molecule has 3 heteroatoms. The van der Waals surface area contributed by atoms with Crippen LogP contribution in [0.2, 0.25) is 0 Å². The number of carbonyl (C=O) groups excluding carboxylic acids is 1. The second-order valence-corrected chi connectivity index (χ2v) is 8.70. The van der Waals surface area contributed by atoms with Gasteiger partial charge in [0.25, 0.3) is 0 Å². The van der Waals surface area contributed by atoms with Crippen molar-refractivity contribution in [3.05, 3.63) is 0 Å². The van der Waals surface area contributed by atoms with E-state index in [4.69, 9.17) is 4.74 Å². The van der Waals surface area contributed by atoms with Crippen LogP contribution in [-0.2, 0) is 4.74 Å². The van der Waals surface area contributed by atoms with Crippen LogP contribution in [0.4, 0.5) is 4.79 Å².